The van der Waals surface area contributed by atoms with Crippen molar-refractivity contribution < 1.29 is 9.47 Å². The van der Waals surface area contributed by atoms with Crippen LogP contribution < -0.4 is 10.5 Å². The molecule has 1 aromatic carbocycles. The third-order valence-corrected chi connectivity index (χ3v) is 3.91. The van der Waals surface area contributed by atoms with E-state index in [9.17, 15) is 0 Å². The van der Waals surface area contributed by atoms with E-state index in [0.717, 1.165) is 41.8 Å². The summed E-state index contributed by atoms with van der Waals surface area (Å²) in [5.74, 6) is 0.894. The fourth-order valence-electron chi connectivity index (χ4n) is 2.37. The van der Waals surface area contributed by atoms with Gasteiger partial charge in [-0.1, -0.05) is 15.9 Å². The van der Waals surface area contributed by atoms with Gasteiger partial charge in [-0.3, -0.25) is 0 Å². The normalized spacial score (nSPS) is 20.5. The number of benzene rings is 1. The quantitative estimate of drug-likeness (QED) is 0.808. The Morgan fingerprint density at radius 2 is 2.37 bits per heavy atom. The van der Waals surface area contributed by atoms with Crippen LogP contribution in [0.2, 0.25) is 0 Å². The number of rotatable bonds is 6. The van der Waals surface area contributed by atoms with Crippen LogP contribution in [-0.2, 0) is 4.74 Å². The summed E-state index contributed by atoms with van der Waals surface area (Å²) in [6.45, 7) is 3.62. The summed E-state index contributed by atoms with van der Waals surface area (Å²) in [5.41, 5.74) is 7.01. The van der Waals surface area contributed by atoms with Crippen molar-refractivity contribution in [1.29, 1.82) is 0 Å². The molecule has 2 rings (SSSR count). The summed E-state index contributed by atoms with van der Waals surface area (Å²) in [4.78, 5) is 0. The van der Waals surface area contributed by atoms with Crippen molar-refractivity contribution in [2.45, 2.75) is 44.8 Å². The van der Waals surface area contributed by atoms with Crippen LogP contribution in [0.25, 0.3) is 0 Å². The van der Waals surface area contributed by atoms with E-state index in [2.05, 4.69) is 15.9 Å². The van der Waals surface area contributed by atoms with Crippen LogP contribution in [-0.4, -0.2) is 19.3 Å². The number of ether oxygens (including phenoxy) is 2. The van der Waals surface area contributed by atoms with Crippen LogP contribution >= 0.6 is 15.9 Å². The molecule has 2 N–H and O–H groups in total. The van der Waals surface area contributed by atoms with Crippen LogP contribution in [0.1, 0.15) is 44.2 Å². The molecule has 0 radical (unpaired) electrons. The lowest BCUT2D eigenvalue weighted by Gasteiger charge is -2.15. The van der Waals surface area contributed by atoms with Crippen molar-refractivity contribution in [3.05, 3.63) is 28.2 Å². The Kier molecular flexibility index (Phi) is 5.67. The first-order valence-corrected chi connectivity index (χ1v) is 7.75. The second-order valence-electron chi connectivity index (χ2n) is 5.10. The Balaban J connectivity index is 1.81. The highest BCUT2D eigenvalue weighted by Crippen LogP contribution is 2.27. The molecule has 0 aliphatic carbocycles. The highest BCUT2D eigenvalue weighted by Gasteiger charge is 2.15. The lowest BCUT2D eigenvalue weighted by Crippen LogP contribution is -2.10. The van der Waals surface area contributed by atoms with Gasteiger partial charge in [0.1, 0.15) is 5.75 Å². The SMILES string of the molecule is C[C@@H](N)c1cc(Br)ccc1OCCCC1CCCO1. The van der Waals surface area contributed by atoms with E-state index in [1.165, 1.54) is 12.8 Å². The molecule has 1 aromatic rings. The summed E-state index contributed by atoms with van der Waals surface area (Å²) >= 11 is 3.46. The standard InChI is InChI=1S/C15H22BrNO2/c1-11(17)14-10-12(16)6-7-15(14)19-9-3-5-13-4-2-8-18-13/h6-7,10-11,13H,2-5,8-9,17H2,1H3/t11-,13?/m1/s1. The van der Waals surface area contributed by atoms with Crippen molar-refractivity contribution in [1.82, 2.24) is 0 Å². The first-order chi connectivity index (χ1) is 9.16. The fourth-order valence-corrected chi connectivity index (χ4v) is 2.75. The van der Waals surface area contributed by atoms with E-state index in [-0.39, 0.29) is 6.04 Å². The fraction of sp³-hybridized carbons (Fsp3) is 0.600. The highest BCUT2D eigenvalue weighted by atomic mass is 79.9. The van der Waals surface area contributed by atoms with Crippen LogP contribution in [0, 0.1) is 0 Å². The molecule has 0 bridgehead atoms. The summed E-state index contributed by atoms with van der Waals surface area (Å²) in [5, 5.41) is 0. The topological polar surface area (TPSA) is 44.5 Å². The molecule has 1 aliphatic rings. The maximum Gasteiger partial charge on any atom is 0.124 e. The van der Waals surface area contributed by atoms with Gasteiger partial charge in [-0.2, -0.15) is 0 Å². The molecule has 106 valence electrons. The first-order valence-electron chi connectivity index (χ1n) is 6.96. The Labute approximate surface area is 123 Å². The van der Waals surface area contributed by atoms with Gasteiger partial charge >= 0.3 is 0 Å². The van der Waals surface area contributed by atoms with E-state index in [4.69, 9.17) is 15.2 Å². The van der Waals surface area contributed by atoms with Gasteiger partial charge in [0.2, 0.25) is 0 Å². The lowest BCUT2D eigenvalue weighted by molar-refractivity contribution is 0.0980. The molecule has 1 saturated heterocycles. The third kappa shape index (κ3) is 4.48. The molecule has 0 aromatic heterocycles. The van der Waals surface area contributed by atoms with Gasteiger partial charge in [0.25, 0.3) is 0 Å². The molecule has 1 heterocycles. The highest BCUT2D eigenvalue weighted by molar-refractivity contribution is 9.10. The maximum atomic E-state index is 5.97. The van der Waals surface area contributed by atoms with Gasteiger partial charge in [-0.15, -0.1) is 0 Å². The first kappa shape index (κ1) is 14.8. The zero-order valence-corrected chi connectivity index (χ0v) is 13.0. The Morgan fingerprint density at radius 1 is 1.53 bits per heavy atom. The summed E-state index contributed by atoms with van der Waals surface area (Å²) in [7, 11) is 0. The predicted molar refractivity (Wildman–Crippen MR) is 80.4 cm³/mol. The van der Waals surface area contributed by atoms with E-state index < -0.39 is 0 Å². The summed E-state index contributed by atoms with van der Waals surface area (Å²) < 4.78 is 12.5. The average molecular weight is 328 g/mol. The molecule has 2 atom stereocenters. The smallest absolute Gasteiger partial charge is 0.124 e. The molecular formula is C15H22BrNO2. The zero-order chi connectivity index (χ0) is 13.7. The van der Waals surface area contributed by atoms with Crippen LogP contribution in [0.4, 0.5) is 0 Å². The second-order valence-corrected chi connectivity index (χ2v) is 6.01. The third-order valence-electron chi connectivity index (χ3n) is 3.41. The molecule has 0 saturated carbocycles. The lowest BCUT2D eigenvalue weighted by atomic mass is 10.1. The molecule has 3 nitrogen and oxygen atoms in total. The van der Waals surface area contributed by atoms with Gasteiger partial charge in [-0.25, -0.2) is 0 Å². The molecule has 1 fully saturated rings. The van der Waals surface area contributed by atoms with Gasteiger partial charge in [0.15, 0.2) is 0 Å². The molecule has 1 unspecified atom stereocenters. The van der Waals surface area contributed by atoms with Crippen molar-refractivity contribution >= 4 is 15.9 Å². The molecule has 1 aliphatic heterocycles. The van der Waals surface area contributed by atoms with Crippen molar-refractivity contribution in [2.75, 3.05) is 13.2 Å². The maximum absolute atomic E-state index is 5.97. The van der Waals surface area contributed by atoms with Gasteiger partial charge in [0.05, 0.1) is 12.7 Å². The van der Waals surface area contributed by atoms with Crippen molar-refractivity contribution in [2.24, 2.45) is 5.73 Å². The molecule has 4 heteroatoms. The largest absolute Gasteiger partial charge is 0.493 e. The van der Waals surface area contributed by atoms with E-state index in [0.29, 0.717) is 6.10 Å². The minimum absolute atomic E-state index is 0.0225. The van der Waals surface area contributed by atoms with Gasteiger partial charge in [-0.05, 0) is 50.8 Å². The van der Waals surface area contributed by atoms with Crippen LogP contribution in [0.3, 0.4) is 0 Å². The predicted octanol–water partition coefficient (Wildman–Crippen LogP) is 3.81. The van der Waals surface area contributed by atoms with Gasteiger partial charge < -0.3 is 15.2 Å². The minimum Gasteiger partial charge on any atom is -0.493 e. The summed E-state index contributed by atoms with van der Waals surface area (Å²) in [6.07, 6.45) is 4.96. The molecular weight excluding hydrogens is 306 g/mol. The Morgan fingerprint density at radius 3 is 3.05 bits per heavy atom. The van der Waals surface area contributed by atoms with E-state index in [1.807, 2.05) is 25.1 Å². The van der Waals surface area contributed by atoms with Gasteiger partial charge in [0, 0.05) is 22.7 Å². The minimum atomic E-state index is -0.0225. The van der Waals surface area contributed by atoms with E-state index in [1.54, 1.807) is 0 Å². The van der Waals surface area contributed by atoms with Crippen molar-refractivity contribution in [3.8, 4) is 5.75 Å². The number of halogens is 1. The summed E-state index contributed by atoms with van der Waals surface area (Å²) in [6, 6.07) is 5.97. The van der Waals surface area contributed by atoms with Crippen LogP contribution in [0.5, 0.6) is 5.75 Å². The second kappa shape index (κ2) is 7.27. The molecule has 19 heavy (non-hydrogen) atoms. The Bertz CT molecular complexity index is 403. The average Bonchev–Trinajstić information content (AvgIpc) is 2.89. The number of nitrogens with two attached hydrogens (primary N) is 1. The van der Waals surface area contributed by atoms with Crippen molar-refractivity contribution in [3.63, 3.8) is 0 Å². The Hall–Kier alpha value is -0.580. The van der Waals surface area contributed by atoms with E-state index >= 15 is 0 Å². The number of hydrogen-bond acceptors (Lipinski definition) is 3. The molecule has 0 spiro atoms. The molecule has 0 amide bonds. The monoisotopic (exact) mass is 327 g/mol. The zero-order valence-electron chi connectivity index (χ0n) is 11.4. The number of hydrogen-bond donors (Lipinski definition) is 1. The van der Waals surface area contributed by atoms with Crippen LogP contribution in [0.15, 0.2) is 22.7 Å².